The zero-order valence-corrected chi connectivity index (χ0v) is 18.4. The quantitative estimate of drug-likeness (QED) is 0.456. The van der Waals surface area contributed by atoms with Crippen LogP contribution >= 0.6 is 0 Å². The van der Waals surface area contributed by atoms with Crippen LogP contribution in [0.5, 0.6) is 5.75 Å². The van der Waals surface area contributed by atoms with E-state index in [-0.39, 0.29) is 5.91 Å². The van der Waals surface area contributed by atoms with Crippen molar-refractivity contribution in [3.8, 4) is 5.75 Å². The van der Waals surface area contributed by atoms with E-state index in [2.05, 4.69) is 21.7 Å². The van der Waals surface area contributed by atoms with Crippen LogP contribution in [0.3, 0.4) is 0 Å². The highest BCUT2D eigenvalue weighted by Gasteiger charge is 2.21. The number of fused-ring (bicyclic) bond motifs is 1. The Kier molecular flexibility index (Phi) is 6.41. The highest BCUT2D eigenvalue weighted by Crippen LogP contribution is 2.29. The van der Waals surface area contributed by atoms with Crippen molar-refractivity contribution in [2.24, 2.45) is 11.8 Å². The fraction of sp³-hybridized carbons (Fsp3) is 0.423. The van der Waals surface area contributed by atoms with E-state index in [1.807, 2.05) is 42.5 Å². The molecule has 5 rings (SSSR count). The number of carbonyl (C=O) groups is 1. The highest BCUT2D eigenvalue weighted by atomic mass is 16.5. The average molecular weight is 434 g/mol. The van der Waals surface area contributed by atoms with Crippen molar-refractivity contribution < 1.29 is 14.3 Å². The van der Waals surface area contributed by atoms with Gasteiger partial charge in [-0.05, 0) is 92.6 Å². The second-order valence-corrected chi connectivity index (χ2v) is 9.02. The Morgan fingerprint density at radius 1 is 1.00 bits per heavy atom. The van der Waals surface area contributed by atoms with Crippen molar-refractivity contribution in [2.45, 2.75) is 32.2 Å². The SMILES string of the molecule is O=C(Nc1ccc2[nH]c(CNCC3CCOCC3)cc2c1)c1ccc(OCC2CC2)cc1. The summed E-state index contributed by atoms with van der Waals surface area (Å²) in [6, 6.07) is 15.5. The van der Waals surface area contributed by atoms with E-state index in [9.17, 15) is 4.79 Å². The number of anilines is 1. The minimum Gasteiger partial charge on any atom is -0.493 e. The molecule has 1 amide bonds. The van der Waals surface area contributed by atoms with Gasteiger partial charge in [0, 0.05) is 47.6 Å². The van der Waals surface area contributed by atoms with Crippen molar-refractivity contribution in [1.29, 1.82) is 0 Å². The molecule has 2 fully saturated rings. The summed E-state index contributed by atoms with van der Waals surface area (Å²) in [5.41, 5.74) is 3.63. The summed E-state index contributed by atoms with van der Waals surface area (Å²) in [6.45, 7) is 4.36. The second-order valence-electron chi connectivity index (χ2n) is 9.02. The van der Waals surface area contributed by atoms with E-state index in [0.29, 0.717) is 17.4 Å². The molecule has 2 aliphatic rings. The maximum Gasteiger partial charge on any atom is 0.255 e. The molecule has 0 atom stereocenters. The maximum atomic E-state index is 12.7. The molecule has 6 nitrogen and oxygen atoms in total. The van der Waals surface area contributed by atoms with Gasteiger partial charge in [0.05, 0.1) is 6.61 Å². The molecule has 1 saturated carbocycles. The summed E-state index contributed by atoms with van der Waals surface area (Å²) < 4.78 is 11.2. The minimum atomic E-state index is -0.119. The molecule has 168 valence electrons. The first-order chi connectivity index (χ1) is 15.7. The molecule has 2 aromatic carbocycles. The fourth-order valence-corrected chi connectivity index (χ4v) is 4.13. The molecule has 1 aliphatic carbocycles. The largest absolute Gasteiger partial charge is 0.493 e. The van der Waals surface area contributed by atoms with Gasteiger partial charge >= 0.3 is 0 Å². The molecule has 32 heavy (non-hydrogen) atoms. The number of aromatic nitrogens is 1. The first-order valence-electron chi connectivity index (χ1n) is 11.7. The third kappa shape index (κ3) is 5.50. The molecule has 1 aromatic heterocycles. The zero-order chi connectivity index (χ0) is 21.8. The summed E-state index contributed by atoms with van der Waals surface area (Å²) in [4.78, 5) is 16.1. The van der Waals surface area contributed by atoms with Gasteiger partial charge in [-0.3, -0.25) is 4.79 Å². The molecular formula is C26H31N3O3. The average Bonchev–Trinajstić information content (AvgIpc) is 3.57. The first-order valence-corrected chi connectivity index (χ1v) is 11.7. The first kappa shape index (κ1) is 21.0. The maximum absolute atomic E-state index is 12.7. The molecular weight excluding hydrogens is 402 g/mol. The number of aromatic amines is 1. The lowest BCUT2D eigenvalue weighted by molar-refractivity contribution is 0.0662. The summed E-state index contributed by atoms with van der Waals surface area (Å²) in [5.74, 6) is 2.12. The molecule has 3 aromatic rings. The molecule has 0 bridgehead atoms. The summed E-state index contributed by atoms with van der Waals surface area (Å²) in [7, 11) is 0. The number of ether oxygens (including phenoxy) is 2. The Hall–Kier alpha value is -2.83. The number of amides is 1. The minimum absolute atomic E-state index is 0.119. The summed E-state index contributed by atoms with van der Waals surface area (Å²) in [6.07, 6.45) is 4.80. The third-order valence-corrected chi connectivity index (χ3v) is 6.32. The van der Waals surface area contributed by atoms with Gasteiger partial charge in [0.25, 0.3) is 5.91 Å². The number of H-pyrrole nitrogens is 1. The topological polar surface area (TPSA) is 75.4 Å². The Labute approximate surface area is 188 Å². The van der Waals surface area contributed by atoms with E-state index in [1.54, 1.807) is 0 Å². The Morgan fingerprint density at radius 2 is 1.81 bits per heavy atom. The number of nitrogens with one attached hydrogen (secondary N) is 3. The number of benzene rings is 2. The number of hydrogen-bond donors (Lipinski definition) is 3. The molecule has 3 N–H and O–H groups in total. The van der Waals surface area contributed by atoms with Gasteiger partial charge in [0.1, 0.15) is 5.75 Å². The number of carbonyl (C=O) groups excluding carboxylic acids is 1. The van der Waals surface area contributed by atoms with E-state index in [0.717, 1.165) is 73.8 Å². The Balaban J connectivity index is 1.15. The van der Waals surface area contributed by atoms with Crippen LogP contribution in [0.25, 0.3) is 10.9 Å². The van der Waals surface area contributed by atoms with Gasteiger partial charge in [-0.15, -0.1) is 0 Å². The lowest BCUT2D eigenvalue weighted by atomic mass is 10.0. The number of rotatable bonds is 9. The fourth-order valence-electron chi connectivity index (χ4n) is 4.13. The van der Waals surface area contributed by atoms with Crippen LogP contribution in [0.2, 0.25) is 0 Å². The molecule has 1 aliphatic heterocycles. The van der Waals surface area contributed by atoms with Gasteiger partial charge in [0.2, 0.25) is 0 Å². The van der Waals surface area contributed by atoms with Crippen LogP contribution in [-0.4, -0.2) is 37.3 Å². The molecule has 0 unspecified atom stereocenters. The van der Waals surface area contributed by atoms with E-state index >= 15 is 0 Å². The predicted octanol–water partition coefficient (Wildman–Crippen LogP) is 4.73. The van der Waals surface area contributed by atoms with Crippen LogP contribution in [0.1, 0.15) is 41.7 Å². The molecule has 0 spiro atoms. The van der Waals surface area contributed by atoms with Gasteiger partial charge in [-0.25, -0.2) is 0 Å². The molecule has 0 radical (unpaired) electrons. The van der Waals surface area contributed by atoms with Crippen LogP contribution in [0.15, 0.2) is 48.5 Å². The Morgan fingerprint density at radius 3 is 2.59 bits per heavy atom. The predicted molar refractivity (Wildman–Crippen MR) is 126 cm³/mol. The lowest BCUT2D eigenvalue weighted by Gasteiger charge is -2.22. The van der Waals surface area contributed by atoms with Gasteiger partial charge < -0.3 is 25.1 Å². The van der Waals surface area contributed by atoms with Crippen LogP contribution in [0.4, 0.5) is 5.69 Å². The summed E-state index contributed by atoms with van der Waals surface area (Å²) in [5, 5.41) is 7.65. The zero-order valence-electron chi connectivity index (χ0n) is 18.4. The van der Waals surface area contributed by atoms with Crippen LogP contribution in [-0.2, 0) is 11.3 Å². The number of hydrogen-bond acceptors (Lipinski definition) is 4. The molecule has 2 heterocycles. The van der Waals surface area contributed by atoms with Gasteiger partial charge in [0.15, 0.2) is 0 Å². The van der Waals surface area contributed by atoms with Crippen molar-refractivity contribution in [2.75, 3.05) is 31.7 Å². The van der Waals surface area contributed by atoms with E-state index < -0.39 is 0 Å². The van der Waals surface area contributed by atoms with Crippen molar-refractivity contribution in [3.63, 3.8) is 0 Å². The standard InChI is InChI=1S/C26H31N3O3/c30-26(20-3-6-24(7-4-20)32-17-19-1-2-19)29-22-5-8-25-21(13-22)14-23(28-25)16-27-15-18-9-11-31-12-10-18/h3-8,13-14,18-19,27-28H,1-2,9-12,15-17H2,(H,29,30). The molecule has 6 heteroatoms. The second kappa shape index (κ2) is 9.76. The highest BCUT2D eigenvalue weighted by molar-refractivity contribution is 6.05. The smallest absolute Gasteiger partial charge is 0.255 e. The molecule has 1 saturated heterocycles. The normalized spacial score (nSPS) is 16.9. The summed E-state index contributed by atoms with van der Waals surface area (Å²) >= 11 is 0. The van der Waals surface area contributed by atoms with Crippen molar-refractivity contribution >= 4 is 22.5 Å². The van der Waals surface area contributed by atoms with Gasteiger partial charge in [-0.1, -0.05) is 0 Å². The third-order valence-electron chi connectivity index (χ3n) is 6.32. The van der Waals surface area contributed by atoms with E-state index in [4.69, 9.17) is 9.47 Å². The van der Waals surface area contributed by atoms with Crippen LogP contribution < -0.4 is 15.4 Å². The lowest BCUT2D eigenvalue weighted by Crippen LogP contribution is -2.27. The van der Waals surface area contributed by atoms with E-state index in [1.165, 1.54) is 12.8 Å². The van der Waals surface area contributed by atoms with Crippen molar-refractivity contribution in [3.05, 3.63) is 59.8 Å². The van der Waals surface area contributed by atoms with Crippen molar-refractivity contribution in [1.82, 2.24) is 10.3 Å². The van der Waals surface area contributed by atoms with Gasteiger partial charge in [-0.2, -0.15) is 0 Å². The van der Waals surface area contributed by atoms with Crippen LogP contribution in [0, 0.1) is 11.8 Å². The Bertz CT molecular complexity index is 1050. The monoisotopic (exact) mass is 433 g/mol.